The summed E-state index contributed by atoms with van der Waals surface area (Å²) in [5.74, 6) is 0.721. The molecule has 0 aliphatic carbocycles. The Morgan fingerprint density at radius 2 is 1.86 bits per heavy atom. The van der Waals surface area contributed by atoms with Gasteiger partial charge in [-0.1, -0.05) is 44.9 Å². The Morgan fingerprint density at radius 1 is 1.14 bits per heavy atom. The van der Waals surface area contributed by atoms with Crippen molar-refractivity contribution in [3.63, 3.8) is 0 Å². The molecule has 2 aliphatic heterocycles. The molecule has 2 nitrogen and oxygen atoms in total. The van der Waals surface area contributed by atoms with Gasteiger partial charge in [-0.3, -0.25) is 0 Å². The minimum absolute atomic E-state index is 0.641. The molecule has 1 saturated heterocycles. The highest BCUT2D eigenvalue weighted by atomic mass is 15.1. The molecule has 1 fully saturated rings. The third-order valence-corrected chi connectivity index (χ3v) is 6.10. The lowest BCUT2D eigenvalue weighted by Crippen LogP contribution is -2.42. The molecule has 0 spiro atoms. The van der Waals surface area contributed by atoms with E-state index in [2.05, 4.69) is 48.3 Å². The molecule has 116 valence electrons. The number of hydrogen-bond acceptors (Lipinski definition) is 2. The highest BCUT2D eigenvalue weighted by Gasteiger charge is 2.32. The fourth-order valence-corrected chi connectivity index (χ4v) is 4.22. The molecule has 1 aromatic rings. The Hall–Kier alpha value is -1.02. The van der Waals surface area contributed by atoms with Crippen molar-refractivity contribution in [1.29, 1.82) is 0 Å². The number of nitrogens with one attached hydrogen (secondary N) is 1. The van der Waals surface area contributed by atoms with Crippen LogP contribution in [-0.2, 0) is 0 Å². The summed E-state index contributed by atoms with van der Waals surface area (Å²) in [4.78, 5) is 2.72. The summed E-state index contributed by atoms with van der Waals surface area (Å²) in [6.07, 6.45) is 6.78. The van der Waals surface area contributed by atoms with Crippen molar-refractivity contribution in [1.82, 2.24) is 4.90 Å². The van der Waals surface area contributed by atoms with Gasteiger partial charge in [0.1, 0.15) is 0 Å². The highest BCUT2D eigenvalue weighted by molar-refractivity contribution is 5.54. The summed E-state index contributed by atoms with van der Waals surface area (Å²) in [5.41, 5.74) is 3.54. The lowest BCUT2D eigenvalue weighted by molar-refractivity contribution is 0.0905. The predicted octanol–water partition coefficient (Wildman–Crippen LogP) is 4.49. The number of rotatable bonds is 4. The average Bonchev–Trinajstić information content (AvgIpc) is 2.56. The van der Waals surface area contributed by atoms with Crippen molar-refractivity contribution in [3.05, 3.63) is 29.8 Å². The molecule has 0 aromatic heterocycles. The van der Waals surface area contributed by atoms with Gasteiger partial charge < -0.3 is 10.2 Å². The van der Waals surface area contributed by atoms with Crippen molar-refractivity contribution in [2.24, 2.45) is 5.41 Å². The number of benzene rings is 1. The van der Waals surface area contributed by atoms with Gasteiger partial charge in [0.05, 0.1) is 0 Å². The van der Waals surface area contributed by atoms with Gasteiger partial charge in [-0.15, -0.1) is 0 Å². The van der Waals surface area contributed by atoms with Crippen LogP contribution in [0.3, 0.4) is 0 Å². The van der Waals surface area contributed by atoms with Crippen molar-refractivity contribution < 1.29 is 0 Å². The minimum atomic E-state index is 0.641. The molecule has 1 atom stereocenters. The van der Waals surface area contributed by atoms with Gasteiger partial charge in [0, 0.05) is 24.7 Å². The standard InChI is InChI=1S/C19H30N2/c1-3-19(4-2)10-13-21(14-11-19)15-16-9-12-20-18-8-6-5-7-17(16)18/h5-8,16,20H,3-4,9-15H2,1-2H3. The van der Waals surface area contributed by atoms with E-state index < -0.39 is 0 Å². The van der Waals surface area contributed by atoms with Gasteiger partial charge in [0.25, 0.3) is 0 Å². The molecule has 2 heterocycles. The lowest BCUT2D eigenvalue weighted by atomic mass is 9.74. The Bertz CT molecular complexity index is 454. The highest BCUT2D eigenvalue weighted by Crippen LogP contribution is 2.39. The van der Waals surface area contributed by atoms with Crippen LogP contribution in [0.15, 0.2) is 24.3 Å². The lowest BCUT2D eigenvalue weighted by Gasteiger charge is -2.42. The van der Waals surface area contributed by atoms with Gasteiger partial charge in [0.2, 0.25) is 0 Å². The van der Waals surface area contributed by atoms with Gasteiger partial charge in [-0.2, -0.15) is 0 Å². The molecule has 3 rings (SSSR count). The Labute approximate surface area is 129 Å². The number of anilines is 1. The van der Waals surface area contributed by atoms with Crippen molar-refractivity contribution in [2.45, 2.75) is 51.9 Å². The second kappa shape index (κ2) is 6.39. The molecule has 1 aromatic carbocycles. The summed E-state index contributed by atoms with van der Waals surface area (Å²) in [6.45, 7) is 9.73. The summed E-state index contributed by atoms with van der Waals surface area (Å²) < 4.78 is 0. The summed E-state index contributed by atoms with van der Waals surface area (Å²) in [6, 6.07) is 8.88. The molecule has 1 N–H and O–H groups in total. The molecular weight excluding hydrogens is 256 g/mol. The van der Waals surface area contributed by atoms with Crippen molar-refractivity contribution in [3.8, 4) is 0 Å². The van der Waals surface area contributed by atoms with Crippen LogP contribution in [-0.4, -0.2) is 31.1 Å². The smallest absolute Gasteiger partial charge is 0.0376 e. The van der Waals surface area contributed by atoms with E-state index in [1.165, 1.54) is 63.0 Å². The number of hydrogen-bond donors (Lipinski definition) is 1. The number of para-hydroxylation sites is 1. The largest absolute Gasteiger partial charge is 0.385 e. The van der Waals surface area contributed by atoms with Gasteiger partial charge in [-0.05, 0) is 49.4 Å². The van der Waals surface area contributed by atoms with E-state index in [0.29, 0.717) is 5.41 Å². The first kappa shape index (κ1) is 14.9. The molecule has 21 heavy (non-hydrogen) atoms. The zero-order valence-electron chi connectivity index (χ0n) is 13.7. The zero-order chi connectivity index (χ0) is 14.7. The second-order valence-corrected chi connectivity index (χ2v) is 7.01. The molecule has 0 radical (unpaired) electrons. The maximum absolute atomic E-state index is 3.54. The van der Waals surface area contributed by atoms with Gasteiger partial charge in [-0.25, -0.2) is 0 Å². The van der Waals surface area contributed by atoms with Crippen LogP contribution in [0.4, 0.5) is 5.69 Å². The normalized spacial score (nSPS) is 25.1. The van der Waals surface area contributed by atoms with E-state index in [-0.39, 0.29) is 0 Å². The van der Waals surface area contributed by atoms with Crippen LogP contribution < -0.4 is 5.32 Å². The maximum Gasteiger partial charge on any atom is 0.0376 e. The predicted molar refractivity (Wildman–Crippen MR) is 91.0 cm³/mol. The molecule has 0 amide bonds. The van der Waals surface area contributed by atoms with Crippen LogP contribution in [0.2, 0.25) is 0 Å². The summed E-state index contributed by atoms with van der Waals surface area (Å²) >= 11 is 0. The molecule has 0 bridgehead atoms. The molecule has 0 saturated carbocycles. The van der Waals surface area contributed by atoms with Crippen molar-refractivity contribution >= 4 is 5.69 Å². The van der Waals surface area contributed by atoms with E-state index in [1.54, 1.807) is 0 Å². The first-order chi connectivity index (χ1) is 10.3. The first-order valence-electron chi connectivity index (χ1n) is 8.81. The monoisotopic (exact) mass is 286 g/mol. The van der Waals surface area contributed by atoms with E-state index in [9.17, 15) is 0 Å². The van der Waals surface area contributed by atoms with Crippen LogP contribution >= 0.6 is 0 Å². The minimum Gasteiger partial charge on any atom is -0.385 e. The van der Waals surface area contributed by atoms with Crippen LogP contribution in [0.5, 0.6) is 0 Å². The van der Waals surface area contributed by atoms with Gasteiger partial charge >= 0.3 is 0 Å². The number of likely N-dealkylation sites (tertiary alicyclic amines) is 1. The third kappa shape index (κ3) is 3.11. The van der Waals surface area contributed by atoms with E-state index in [1.807, 2.05) is 0 Å². The zero-order valence-corrected chi connectivity index (χ0v) is 13.7. The number of fused-ring (bicyclic) bond motifs is 1. The third-order valence-electron chi connectivity index (χ3n) is 6.10. The molecule has 2 aliphatic rings. The topological polar surface area (TPSA) is 15.3 Å². The number of nitrogens with zero attached hydrogens (tertiary/aromatic N) is 1. The quantitative estimate of drug-likeness (QED) is 0.877. The Balaban J connectivity index is 1.62. The Morgan fingerprint density at radius 3 is 2.57 bits per heavy atom. The molecule has 1 unspecified atom stereocenters. The molecule has 2 heteroatoms. The summed E-state index contributed by atoms with van der Waals surface area (Å²) in [5, 5.41) is 3.54. The van der Waals surface area contributed by atoms with E-state index in [0.717, 1.165) is 12.5 Å². The van der Waals surface area contributed by atoms with E-state index in [4.69, 9.17) is 0 Å². The van der Waals surface area contributed by atoms with Crippen molar-refractivity contribution in [2.75, 3.05) is 31.5 Å². The SMILES string of the molecule is CCC1(CC)CCN(CC2CCNc3ccccc32)CC1. The van der Waals surface area contributed by atoms with Crippen LogP contribution in [0.25, 0.3) is 0 Å². The van der Waals surface area contributed by atoms with E-state index >= 15 is 0 Å². The Kier molecular flexibility index (Phi) is 4.54. The van der Waals surface area contributed by atoms with Gasteiger partial charge in [0.15, 0.2) is 0 Å². The fourth-order valence-electron chi connectivity index (χ4n) is 4.22. The van der Waals surface area contributed by atoms with Crippen LogP contribution in [0.1, 0.15) is 57.4 Å². The number of piperidine rings is 1. The first-order valence-corrected chi connectivity index (χ1v) is 8.81. The second-order valence-electron chi connectivity index (χ2n) is 7.01. The summed E-state index contributed by atoms with van der Waals surface area (Å²) in [7, 11) is 0. The maximum atomic E-state index is 3.54. The van der Waals surface area contributed by atoms with Crippen LogP contribution in [0, 0.1) is 5.41 Å². The molecular formula is C19H30N2. The fraction of sp³-hybridized carbons (Fsp3) is 0.684. The average molecular weight is 286 g/mol.